The minimum absolute atomic E-state index is 0.169. The van der Waals surface area contributed by atoms with Gasteiger partial charge in [0, 0.05) is 10.0 Å². The Bertz CT molecular complexity index is 534. The Hall–Kier alpha value is -1.65. The van der Waals surface area contributed by atoms with Gasteiger partial charge in [0.05, 0.1) is 0 Å². The second kappa shape index (κ2) is 6.50. The lowest BCUT2D eigenvalue weighted by Gasteiger charge is -2.12. The quantitative estimate of drug-likeness (QED) is 0.859. The smallest absolute Gasteiger partial charge is 0.150 e. The minimum Gasteiger partial charge on any atom is -0.491 e. The molecule has 0 amide bonds. The van der Waals surface area contributed by atoms with Crippen LogP contribution in [0.1, 0.15) is 22.0 Å². The van der Waals surface area contributed by atoms with Crippen LogP contribution in [-0.2, 0) is 0 Å². The number of aliphatic hydroxyl groups excluding tert-OH is 1. The maximum Gasteiger partial charge on any atom is 0.150 e. The van der Waals surface area contributed by atoms with Crippen molar-refractivity contribution in [3.05, 3.63) is 64.1 Å². The van der Waals surface area contributed by atoms with Gasteiger partial charge >= 0.3 is 0 Å². The number of aldehydes is 1. The van der Waals surface area contributed by atoms with E-state index >= 15 is 0 Å². The average molecular weight is 321 g/mol. The van der Waals surface area contributed by atoms with Crippen molar-refractivity contribution in [1.82, 2.24) is 0 Å². The highest BCUT2D eigenvalue weighted by molar-refractivity contribution is 9.10. The van der Waals surface area contributed by atoms with Gasteiger partial charge in [-0.2, -0.15) is 0 Å². The van der Waals surface area contributed by atoms with Crippen LogP contribution >= 0.6 is 15.9 Å². The van der Waals surface area contributed by atoms with Gasteiger partial charge in [0.1, 0.15) is 24.7 Å². The van der Waals surface area contributed by atoms with E-state index < -0.39 is 6.10 Å². The first-order chi connectivity index (χ1) is 9.19. The molecule has 98 valence electrons. The second-order valence-corrected chi connectivity index (χ2v) is 4.98. The molecule has 0 aliphatic rings. The van der Waals surface area contributed by atoms with Crippen molar-refractivity contribution >= 4 is 22.2 Å². The first-order valence-corrected chi connectivity index (χ1v) is 6.60. The lowest BCUT2D eigenvalue weighted by molar-refractivity contribution is 0.108. The second-order valence-electron chi connectivity index (χ2n) is 4.07. The number of benzene rings is 2. The predicted octanol–water partition coefficient (Wildman–Crippen LogP) is 3.37. The van der Waals surface area contributed by atoms with E-state index in [1.807, 2.05) is 24.3 Å². The Labute approximate surface area is 120 Å². The lowest BCUT2D eigenvalue weighted by Crippen LogP contribution is -2.09. The molecule has 1 atom stereocenters. The molecule has 2 aromatic carbocycles. The summed E-state index contributed by atoms with van der Waals surface area (Å²) >= 11 is 3.34. The molecular weight excluding hydrogens is 308 g/mol. The van der Waals surface area contributed by atoms with E-state index in [0.717, 1.165) is 16.3 Å². The Balaban J connectivity index is 1.94. The molecule has 2 aromatic rings. The average Bonchev–Trinajstić information content (AvgIpc) is 2.46. The zero-order valence-corrected chi connectivity index (χ0v) is 11.7. The number of hydrogen-bond donors (Lipinski definition) is 1. The summed E-state index contributed by atoms with van der Waals surface area (Å²) in [5.41, 5.74) is 1.31. The van der Waals surface area contributed by atoms with Gasteiger partial charge in [0.15, 0.2) is 0 Å². The predicted molar refractivity (Wildman–Crippen MR) is 76.4 cm³/mol. The third-order valence-electron chi connectivity index (χ3n) is 2.68. The largest absolute Gasteiger partial charge is 0.491 e. The molecule has 3 nitrogen and oxygen atoms in total. The van der Waals surface area contributed by atoms with E-state index in [0.29, 0.717) is 11.3 Å². The molecule has 0 spiro atoms. The maximum absolute atomic E-state index is 10.5. The molecule has 0 aliphatic heterocycles. The maximum atomic E-state index is 10.5. The van der Waals surface area contributed by atoms with Crippen LogP contribution in [0.4, 0.5) is 0 Å². The SMILES string of the molecule is O=Cc1ccc(C(O)COc2ccc(Br)cc2)cc1. The van der Waals surface area contributed by atoms with Crippen molar-refractivity contribution in [2.45, 2.75) is 6.10 Å². The van der Waals surface area contributed by atoms with Gasteiger partial charge < -0.3 is 9.84 Å². The van der Waals surface area contributed by atoms with Crippen LogP contribution in [0.15, 0.2) is 53.0 Å². The number of carbonyl (C=O) groups excluding carboxylic acids is 1. The molecule has 0 saturated heterocycles. The summed E-state index contributed by atoms with van der Waals surface area (Å²) in [6, 6.07) is 14.2. The van der Waals surface area contributed by atoms with Gasteiger partial charge in [-0.25, -0.2) is 0 Å². The van der Waals surface area contributed by atoms with Crippen LogP contribution in [0.2, 0.25) is 0 Å². The molecule has 0 bridgehead atoms. The van der Waals surface area contributed by atoms with Crippen molar-refractivity contribution in [3.63, 3.8) is 0 Å². The fraction of sp³-hybridized carbons (Fsp3) is 0.133. The fourth-order valence-electron chi connectivity index (χ4n) is 1.60. The monoisotopic (exact) mass is 320 g/mol. The highest BCUT2D eigenvalue weighted by Crippen LogP contribution is 2.19. The van der Waals surface area contributed by atoms with Gasteiger partial charge in [-0.05, 0) is 29.8 Å². The van der Waals surface area contributed by atoms with Gasteiger partial charge in [-0.15, -0.1) is 0 Å². The molecule has 19 heavy (non-hydrogen) atoms. The molecule has 0 saturated carbocycles. The highest BCUT2D eigenvalue weighted by atomic mass is 79.9. The first kappa shape index (κ1) is 13.8. The molecule has 0 heterocycles. The Morgan fingerprint density at radius 1 is 1.11 bits per heavy atom. The van der Waals surface area contributed by atoms with E-state index in [1.165, 1.54) is 0 Å². The normalized spacial score (nSPS) is 11.9. The Kier molecular flexibility index (Phi) is 4.71. The number of carbonyl (C=O) groups is 1. The highest BCUT2D eigenvalue weighted by Gasteiger charge is 2.08. The van der Waals surface area contributed by atoms with E-state index in [1.54, 1.807) is 24.3 Å². The van der Waals surface area contributed by atoms with Crippen molar-refractivity contribution < 1.29 is 14.6 Å². The van der Waals surface area contributed by atoms with Crippen molar-refractivity contribution in [2.24, 2.45) is 0 Å². The molecule has 0 aliphatic carbocycles. The van der Waals surface area contributed by atoms with Crippen molar-refractivity contribution in [3.8, 4) is 5.75 Å². The summed E-state index contributed by atoms with van der Waals surface area (Å²) in [7, 11) is 0. The van der Waals surface area contributed by atoms with Gasteiger partial charge in [-0.1, -0.05) is 40.2 Å². The molecule has 0 aromatic heterocycles. The van der Waals surface area contributed by atoms with Gasteiger partial charge in [-0.3, -0.25) is 4.79 Å². The molecule has 0 radical (unpaired) electrons. The molecule has 0 fully saturated rings. The summed E-state index contributed by atoms with van der Waals surface area (Å²) in [5.74, 6) is 0.701. The Morgan fingerprint density at radius 3 is 2.32 bits per heavy atom. The third-order valence-corrected chi connectivity index (χ3v) is 3.21. The number of rotatable bonds is 5. The van der Waals surface area contributed by atoms with Crippen LogP contribution < -0.4 is 4.74 Å². The van der Waals surface area contributed by atoms with Crippen LogP contribution in [0.5, 0.6) is 5.75 Å². The fourth-order valence-corrected chi connectivity index (χ4v) is 1.86. The van der Waals surface area contributed by atoms with Crippen LogP contribution in [0, 0.1) is 0 Å². The number of halogens is 1. The lowest BCUT2D eigenvalue weighted by atomic mass is 10.1. The Morgan fingerprint density at radius 2 is 1.74 bits per heavy atom. The molecule has 1 N–H and O–H groups in total. The molecule has 4 heteroatoms. The topological polar surface area (TPSA) is 46.5 Å². The van der Waals surface area contributed by atoms with Crippen molar-refractivity contribution in [2.75, 3.05) is 6.61 Å². The summed E-state index contributed by atoms with van der Waals surface area (Å²) in [6.45, 7) is 0.169. The van der Waals surface area contributed by atoms with Gasteiger partial charge in [0.25, 0.3) is 0 Å². The number of hydrogen-bond acceptors (Lipinski definition) is 3. The summed E-state index contributed by atoms with van der Waals surface area (Å²) in [4.78, 5) is 10.5. The number of aliphatic hydroxyl groups is 1. The minimum atomic E-state index is -0.718. The first-order valence-electron chi connectivity index (χ1n) is 5.80. The molecular formula is C15H13BrO3. The zero-order valence-electron chi connectivity index (χ0n) is 10.1. The van der Waals surface area contributed by atoms with E-state index in [2.05, 4.69) is 15.9 Å². The van der Waals surface area contributed by atoms with Crippen molar-refractivity contribution in [1.29, 1.82) is 0 Å². The zero-order chi connectivity index (χ0) is 13.7. The van der Waals surface area contributed by atoms with E-state index in [-0.39, 0.29) is 6.61 Å². The standard InChI is InChI=1S/C15H13BrO3/c16-13-5-7-14(8-6-13)19-10-15(18)12-3-1-11(9-17)2-4-12/h1-9,15,18H,10H2. The van der Waals surface area contributed by atoms with E-state index in [9.17, 15) is 9.90 Å². The molecule has 1 unspecified atom stereocenters. The summed E-state index contributed by atoms with van der Waals surface area (Å²) in [5, 5.41) is 9.98. The third kappa shape index (κ3) is 3.91. The van der Waals surface area contributed by atoms with Crippen LogP contribution in [0.25, 0.3) is 0 Å². The van der Waals surface area contributed by atoms with E-state index in [4.69, 9.17) is 4.74 Å². The van der Waals surface area contributed by atoms with Crippen LogP contribution in [-0.4, -0.2) is 18.0 Å². The van der Waals surface area contributed by atoms with Gasteiger partial charge in [0.2, 0.25) is 0 Å². The summed E-state index contributed by atoms with van der Waals surface area (Å²) < 4.78 is 6.47. The molecule has 2 rings (SSSR count). The summed E-state index contributed by atoms with van der Waals surface area (Å²) in [6.07, 6.45) is 0.0541. The number of ether oxygens (including phenoxy) is 1. The van der Waals surface area contributed by atoms with Crippen LogP contribution in [0.3, 0.4) is 0 Å².